The highest BCUT2D eigenvalue weighted by Crippen LogP contribution is 2.29. The van der Waals surface area contributed by atoms with Crippen LogP contribution in [0.25, 0.3) is 0 Å². The molecule has 1 saturated heterocycles. The van der Waals surface area contributed by atoms with Gasteiger partial charge in [-0.05, 0) is 56.5 Å². The lowest BCUT2D eigenvalue weighted by molar-refractivity contribution is 0.238. The first-order valence-corrected chi connectivity index (χ1v) is 7.08. The van der Waals surface area contributed by atoms with E-state index in [2.05, 4.69) is 44.1 Å². The third kappa shape index (κ3) is 3.10. The van der Waals surface area contributed by atoms with Crippen LogP contribution < -0.4 is 10.1 Å². The summed E-state index contributed by atoms with van der Waals surface area (Å²) in [5, 5.41) is 3.62. The molecule has 1 unspecified atom stereocenters. The molecule has 1 atom stereocenters. The molecule has 0 amide bonds. The van der Waals surface area contributed by atoms with Crippen LogP contribution in [0.4, 0.5) is 0 Å². The fourth-order valence-electron chi connectivity index (χ4n) is 3.06. The SMILES string of the molecule is COc1c(C)cc(CC2CN(C)CCN2)c(C)c1C. The standard InChI is InChI=1S/C16H26N2O/c1-11-8-14(12(2)13(3)16(11)19-5)9-15-10-18(4)7-6-17-15/h8,15,17H,6-7,9-10H2,1-5H3. The average molecular weight is 262 g/mol. The van der Waals surface area contributed by atoms with Crippen LogP contribution in [0.3, 0.4) is 0 Å². The maximum absolute atomic E-state index is 5.49. The van der Waals surface area contributed by atoms with Crippen LogP contribution in [0.5, 0.6) is 5.75 Å². The monoisotopic (exact) mass is 262 g/mol. The number of hydrogen-bond acceptors (Lipinski definition) is 3. The first kappa shape index (κ1) is 14.4. The molecule has 3 heteroatoms. The van der Waals surface area contributed by atoms with Gasteiger partial charge in [0, 0.05) is 25.7 Å². The van der Waals surface area contributed by atoms with E-state index < -0.39 is 0 Å². The highest BCUT2D eigenvalue weighted by molar-refractivity contribution is 5.49. The molecule has 0 aromatic heterocycles. The number of piperazine rings is 1. The Morgan fingerprint density at radius 3 is 2.68 bits per heavy atom. The number of nitrogens with one attached hydrogen (secondary N) is 1. The van der Waals surface area contributed by atoms with Crippen molar-refractivity contribution in [2.24, 2.45) is 0 Å². The van der Waals surface area contributed by atoms with Crippen molar-refractivity contribution >= 4 is 0 Å². The third-order valence-electron chi connectivity index (χ3n) is 4.26. The normalized spacial score (nSPS) is 20.6. The van der Waals surface area contributed by atoms with E-state index in [1.807, 2.05) is 0 Å². The third-order valence-corrected chi connectivity index (χ3v) is 4.26. The minimum atomic E-state index is 0.560. The summed E-state index contributed by atoms with van der Waals surface area (Å²) in [6, 6.07) is 2.85. The summed E-state index contributed by atoms with van der Waals surface area (Å²) in [6.07, 6.45) is 1.10. The second kappa shape index (κ2) is 5.93. The molecule has 0 spiro atoms. The van der Waals surface area contributed by atoms with Gasteiger partial charge in [0.25, 0.3) is 0 Å². The number of likely N-dealkylation sites (N-methyl/N-ethyl adjacent to an activating group) is 1. The average Bonchev–Trinajstić information content (AvgIpc) is 2.36. The predicted molar refractivity (Wildman–Crippen MR) is 80.2 cm³/mol. The topological polar surface area (TPSA) is 24.5 Å². The molecule has 1 aliphatic heterocycles. The molecule has 0 radical (unpaired) electrons. The van der Waals surface area contributed by atoms with Crippen LogP contribution in [0, 0.1) is 20.8 Å². The van der Waals surface area contributed by atoms with Gasteiger partial charge in [0.2, 0.25) is 0 Å². The molecule has 1 aromatic carbocycles. The Hall–Kier alpha value is -1.06. The van der Waals surface area contributed by atoms with Gasteiger partial charge in [-0.25, -0.2) is 0 Å². The summed E-state index contributed by atoms with van der Waals surface area (Å²) in [4.78, 5) is 2.40. The molecule has 0 aliphatic carbocycles. The fraction of sp³-hybridized carbons (Fsp3) is 0.625. The lowest BCUT2D eigenvalue weighted by atomic mass is 9.93. The minimum absolute atomic E-state index is 0.560. The van der Waals surface area contributed by atoms with Crippen molar-refractivity contribution in [1.29, 1.82) is 0 Å². The van der Waals surface area contributed by atoms with Crippen molar-refractivity contribution in [3.63, 3.8) is 0 Å². The summed E-state index contributed by atoms with van der Waals surface area (Å²) < 4.78 is 5.49. The van der Waals surface area contributed by atoms with E-state index in [0.717, 1.165) is 31.8 Å². The summed E-state index contributed by atoms with van der Waals surface area (Å²) in [5.41, 5.74) is 5.34. The molecular weight excluding hydrogens is 236 g/mol. The maximum atomic E-state index is 5.49. The van der Waals surface area contributed by atoms with Gasteiger partial charge in [-0.3, -0.25) is 0 Å². The molecule has 1 N–H and O–H groups in total. The minimum Gasteiger partial charge on any atom is -0.496 e. The molecule has 1 fully saturated rings. The number of aryl methyl sites for hydroxylation is 1. The van der Waals surface area contributed by atoms with Gasteiger partial charge in [0.05, 0.1) is 7.11 Å². The van der Waals surface area contributed by atoms with Gasteiger partial charge in [-0.2, -0.15) is 0 Å². The Morgan fingerprint density at radius 1 is 1.32 bits per heavy atom. The Labute approximate surface area is 116 Å². The number of nitrogens with zero attached hydrogens (tertiary/aromatic N) is 1. The molecule has 3 nitrogen and oxygen atoms in total. The van der Waals surface area contributed by atoms with Crippen LogP contribution in [-0.4, -0.2) is 44.7 Å². The van der Waals surface area contributed by atoms with E-state index in [4.69, 9.17) is 4.74 Å². The lowest BCUT2D eigenvalue weighted by Crippen LogP contribution is -2.50. The van der Waals surface area contributed by atoms with Crippen LogP contribution >= 0.6 is 0 Å². The molecule has 106 valence electrons. The number of methoxy groups -OCH3 is 1. The van der Waals surface area contributed by atoms with E-state index in [1.54, 1.807) is 7.11 Å². The van der Waals surface area contributed by atoms with Crippen molar-refractivity contribution in [2.75, 3.05) is 33.8 Å². The van der Waals surface area contributed by atoms with E-state index in [1.165, 1.54) is 22.3 Å². The van der Waals surface area contributed by atoms with Crippen molar-refractivity contribution in [2.45, 2.75) is 33.2 Å². The number of benzene rings is 1. The van der Waals surface area contributed by atoms with Crippen molar-refractivity contribution in [3.05, 3.63) is 28.3 Å². The quantitative estimate of drug-likeness (QED) is 0.902. The smallest absolute Gasteiger partial charge is 0.124 e. The molecule has 1 heterocycles. The highest BCUT2D eigenvalue weighted by Gasteiger charge is 2.19. The molecular formula is C16H26N2O. The van der Waals surface area contributed by atoms with Gasteiger partial charge >= 0.3 is 0 Å². The van der Waals surface area contributed by atoms with Gasteiger partial charge in [-0.15, -0.1) is 0 Å². The second-order valence-electron chi connectivity index (χ2n) is 5.75. The van der Waals surface area contributed by atoms with E-state index in [-0.39, 0.29) is 0 Å². The largest absolute Gasteiger partial charge is 0.496 e. The molecule has 2 rings (SSSR count). The van der Waals surface area contributed by atoms with Gasteiger partial charge < -0.3 is 15.0 Å². The van der Waals surface area contributed by atoms with E-state index in [0.29, 0.717) is 6.04 Å². The first-order chi connectivity index (χ1) is 9.02. The van der Waals surface area contributed by atoms with Crippen molar-refractivity contribution in [1.82, 2.24) is 10.2 Å². The molecule has 19 heavy (non-hydrogen) atoms. The number of ether oxygens (including phenoxy) is 1. The zero-order valence-corrected chi connectivity index (χ0v) is 12.8. The highest BCUT2D eigenvalue weighted by atomic mass is 16.5. The Kier molecular flexibility index (Phi) is 4.48. The van der Waals surface area contributed by atoms with Crippen LogP contribution in [0.2, 0.25) is 0 Å². The Morgan fingerprint density at radius 2 is 2.05 bits per heavy atom. The molecule has 1 aromatic rings. The zero-order valence-electron chi connectivity index (χ0n) is 12.8. The number of rotatable bonds is 3. The van der Waals surface area contributed by atoms with E-state index in [9.17, 15) is 0 Å². The molecule has 0 saturated carbocycles. The Bertz CT molecular complexity index is 457. The Balaban J connectivity index is 2.21. The van der Waals surface area contributed by atoms with Crippen LogP contribution in [0.15, 0.2) is 6.07 Å². The predicted octanol–water partition coefficient (Wildman–Crippen LogP) is 2.07. The van der Waals surface area contributed by atoms with Gasteiger partial charge in [0.15, 0.2) is 0 Å². The van der Waals surface area contributed by atoms with Gasteiger partial charge in [0.1, 0.15) is 5.75 Å². The number of hydrogen-bond donors (Lipinski definition) is 1. The fourth-order valence-corrected chi connectivity index (χ4v) is 3.06. The van der Waals surface area contributed by atoms with Crippen LogP contribution in [-0.2, 0) is 6.42 Å². The van der Waals surface area contributed by atoms with Gasteiger partial charge in [-0.1, -0.05) is 6.07 Å². The summed E-state index contributed by atoms with van der Waals surface area (Å²) in [5.74, 6) is 1.04. The second-order valence-corrected chi connectivity index (χ2v) is 5.75. The molecule has 0 bridgehead atoms. The lowest BCUT2D eigenvalue weighted by Gasteiger charge is -2.31. The summed E-state index contributed by atoms with van der Waals surface area (Å²) in [6.45, 7) is 9.87. The van der Waals surface area contributed by atoms with E-state index >= 15 is 0 Å². The maximum Gasteiger partial charge on any atom is 0.124 e. The molecule has 1 aliphatic rings. The summed E-state index contributed by atoms with van der Waals surface area (Å²) >= 11 is 0. The van der Waals surface area contributed by atoms with Crippen LogP contribution in [0.1, 0.15) is 22.3 Å². The summed E-state index contributed by atoms with van der Waals surface area (Å²) in [7, 11) is 3.96. The van der Waals surface area contributed by atoms with Crippen molar-refractivity contribution < 1.29 is 4.74 Å². The zero-order chi connectivity index (χ0) is 14.0. The first-order valence-electron chi connectivity index (χ1n) is 7.08. The van der Waals surface area contributed by atoms with Crippen molar-refractivity contribution in [3.8, 4) is 5.75 Å².